The topological polar surface area (TPSA) is 61.9 Å². The summed E-state index contributed by atoms with van der Waals surface area (Å²) < 4.78 is 5.72. The summed E-state index contributed by atoms with van der Waals surface area (Å²) >= 11 is 0. The van der Waals surface area contributed by atoms with Crippen LogP contribution in [0, 0.1) is 0 Å². The molecular formula is C26H27N3O3. The van der Waals surface area contributed by atoms with Gasteiger partial charge < -0.3 is 19.9 Å². The molecule has 1 heterocycles. The lowest BCUT2D eigenvalue weighted by Gasteiger charge is -2.36. The summed E-state index contributed by atoms with van der Waals surface area (Å²) in [5.41, 5.74) is 2.67. The summed E-state index contributed by atoms with van der Waals surface area (Å²) in [6.07, 6.45) is 0. The molecule has 6 heteroatoms. The van der Waals surface area contributed by atoms with E-state index in [9.17, 15) is 9.59 Å². The third kappa shape index (κ3) is 5.66. The van der Waals surface area contributed by atoms with E-state index in [4.69, 9.17) is 4.74 Å². The molecule has 1 fully saturated rings. The van der Waals surface area contributed by atoms with Crippen molar-refractivity contribution in [2.75, 3.05) is 37.6 Å². The number of hydrogen-bond donors (Lipinski definition) is 1. The molecule has 1 aliphatic rings. The highest BCUT2D eigenvalue weighted by Crippen LogP contribution is 2.16. The number of anilines is 1. The molecule has 0 aromatic heterocycles. The van der Waals surface area contributed by atoms with Crippen LogP contribution in [0.3, 0.4) is 0 Å². The lowest BCUT2D eigenvalue weighted by Crippen LogP contribution is -2.51. The molecule has 2 amide bonds. The molecule has 0 saturated carbocycles. The molecule has 3 aromatic carbocycles. The Kier molecular flexibility index (Phi) is 7.02. The molecule has 0 bridgehead atoms. The minimum absolute atomic E-state index is 0.00302. The SMILES string of the molecule is O=C(NCC(=O)N1CCN(c2ccccc2)CC1)c1ccc(COc2ccccc2)cc1. The molecule has 1 aliphatic heterocycles. The van der Waals surface area contributed by atoms with E-state index in [0.29, 0.717) is 25.3 Å². The van der Waals surface area contributed by atoms with Gasteiger partial charge in [0.2, 0.25) is 5.91 Å². The zero-order valence-corrected chi connectivity index (χ0v) is 17.9. The van der Waals surface area contributed by atoms with Crippen molar-refractivity contribution in [2.45, 2.75) is 6.61 Å². The van der Waals surface area contributed by atoms with Gasteiger partial charge in [0, 0.05) is 37.4 Å². The van der Waals surface area contributed by atoms with Crippen LogP contribution in [0.1, 0.15) is 15.9 Å². The van der Waals surface area contributed by atoms with E-state index >= 15 is 0 Å². The number of nitrogens with zero attached hydrogens (tertiary/aromatic N) is 2. The summed E-state index contributed by atoms with van der Waals surface area (Å²) in [7, 11) is 0. The fraction of sp³-hybridized carbons (Fsp3) is 0.231. The van der Waals surface area contributed by atoms with Crippen molar-refractivity contribution < 1.29 is 14.3 Å². The van der Waals surface area contributed by atoms with Gasteiger partial charge in [-0.05, 0) is 42.0 Å². The van der Waals surface area contributed by atoms with Crippen molar-refractivity contribution >= 4 is 17.5 Å². The fourth-order valence-corrected chi connectivity index (χ4v) is 3.66. The number of carbonyl (C=O) groups is 2. The van der Waals surface area contributed by atoms with Gasteiger partial charge in [-0.1, -0.05) is 48.5 Å². The van der Waals surface area contributed by atoms with Gasteiger partial charge in [0.15, 0.2) is 0 Å². The van der Waals surface area contributed by atoms with Gasteiger partial charge in [-0.3, -0.25) is 9.59 Å². The highest BCUT2D eigenvalue weighted by atomic mass is 16.5. The van der Waals surface area contributed by atoms with Crippen molar-refractivity contribution in [1.29, 1.82) is 0 Å². The minimum atomic E-state index is -0.253. The van der Waals surface area contributed by atoms with Gasteiger partial charge >= 0.3 is 0 Å². The quantitative estimate of drug-likeness (QED) is 0.626. The van der Waals surface area contributed by atoms with E-state index in [-0.39, 0.29) is 18.4 Å². The lowest BCUT2D eigenvalue weighted by atomic mass is 10.1. The lowest BCUT2D eigenvalue weighted by molar-refractivity contribution is -0.130. The predicted octanol–water partition coefficient (Wildman–Crippen LogP) is 3.34. The molecule has 164 valence electrons. The van der Waals surface area contributed by atoms with E-state index in [2.05, 4.69) is 22.3 Å². The zero-order valence-electron chi connectivity index (χ0n) is 17.9. The number of ether oxygens (including phenoxy) is 1. The maximum Gasteiger partial charge on any atom is 0.251 e. The number of para-hydroxylation sites is 2. The summed E-state index contributed by atoms with van der Waals surface area (Å²) in [6, 6.07) is 27.0. The molecule has 4 rings (SSSR count). The Balaban J connectivity index is 1.21. The highest BCUT2D eigenvalue weighted by Gasteiger charge is 2.21. The Morgan fingerprint density at radius 1 is 0.781 bits per heavy atom. The average Bonchev–Trinajstić information content (AvgIpc) is 2.87. The van der Waals surface area contributed by atoms with E-state index in [1.807, 2.05) is 65.6 Å². The minimum Gasteiger partial charge on any atom is -0.489 e. The number of piperazine rings is 1. The normalized spacial score (nSPS) is 13.5. The summed E-state index contributed by atoms with van der Waals surface area (Å²) in [4.78, 5) is 29.0. The van der Waals surface area contributed by atoms with Gasteiger partial charge in [-0.25, -0.2) is 0 Å². The molecule has 0 unspecified atom stereocenters. The van der Waals surface area contributed by atoms with Crippen LogP contribution in [-0.4, -0.2) is 49.4 Å². The first-order chi connectivity index (χ1) is 15.7. The van der Waals surface area contributed by atoms with Crippen molar-refractivity contribution in [3.8, 4) is 5.75 Å². The first-order valence-electron chi connectivity index (χ1n) is 10.8. The second kappa shape index (κ2) is 10.5. The summed E-state index contributed by atoms with van der Waals surface area (Å²) in [5, 5.41) is 2.74. The third-order valence-corrected chi connectivity index (χ3v) is 5.52. The number of amides is 2. The van der Waals surface area contributed by atoms with Crippen molar-refractivity contribution in [2.24, 2.45) is 0 Å². The Bertz CT molecular complexity index is 1020. The van der Waals surface area contributed by atoms with Crippen LogP contribution in [-0.2, 0) is 11.4 Å². The first-order valence-corrected chi connectivity index (χ1v) is 10.8. The van der Waals surface area contributed by atoms with Gasteiger partial charge in [0.25, 0.3) is 5.91 Å². The fourth-order valence-electron chi connectivity index (χ4n) is 3.66. The maximum atomic E-state index is 12.5. The Hall–Kier alpha value is -3.80. The first kappa shape index (κ1) is 21.4. The molecule has 3 aromatic rings. The Morgan fingerprint density at radius 3 is 2.06 bits per heavy atom. The van der Waals surface area contributed by atoms with Crippen LogP contribution in [0.15, 0.2) is 84.9 Å². The second-order valence-corrected chi connectivity index (χ2v) is 7.68. The average molecular weight is 430 g/mol. The van der Waals surface area contributed by atoms with Crippen LogP contribution in [0.2, 0.25) is 0 Å². The molecule has 1 N–H and O–H groups in total. The molecule has 0 aliphatic carbocycles. The van der Waals surface area contributed by atoms with Crippen LogP contribution in [0.5, 0.6) is 5.75 Å². The maximum absolute atomic E-state index is 12.5. The van der Waals surface area contributed by atoms with Crippen molar-refractivity contribution in [3.05, 3.63) is 96.1 Å². The van der Waals surface area contributed by atoms with Crippen molar-refractivity contribution in [1.82, 2.24) is 10.2 Å². The predicted molar refractivity (Wildman–Crippen MR) is 125 cm³/mol. The van der Waals surface area contributed by atoms with Crippen LogP contribution in [0.25, 0.3) is 0 Å². The van der Waals surface area contributed by atoms with Gasteiger partial charge in [0.05, 0.1) is 6.54 Å². The molecule has 0 atom stereocenters. The van der Waals surface area contributed by atoms with E-state index in [1.165, 1.54) is 5.69 Å². The number of carbonyl (C=O) groups excluding carboxylic acids is 2. The number of benzene rings is 3. The van der Waals surface area contributed by atoms with Gasteiger partial charge in [-0.2, -0.15) is 0 Å². The summed E-state index contributed by atoms with van der Waals surface area (Å²) in [5.74, 6) is 0.494. The Morgan fingerprint density at radius 2 is 1.41 bits per heavy atom. The zero-order chi connectivity index (χ0) is 22.2. The number of rotatable bonds is 7. The second-order valence-electron chi connectivity index (χ2n) is 7.68. The molecule has 32 heavy (non-hydrogen) atoms. The largest absolute Gasteiger partial charge is 0.489 e. The standard InChI is InChI=1S/C26H27N3O3/c30-25(29-17-15-28(16-18-29)23-7-3-1-4-8-23)19-27-26(31)22-13-11-21(12-14-22)20-32-24-9-5-2-6-10-24/h1-14H,15-20H2,(H,27,31). The molecule has 1 saturated heterocycles. The molecule has 0 radical (unpaired) electrons. The van der Waals surface area contributed by atoms with E-state index < -0.39 is 0 Å². The third-order valence-electron chi connectivity index (χ3n) is 5.52. The van der Waals surface area contributed by atoms with Gasteiger partial charge in [-0.15, -0.1) is 0 Å². The van der Waals surface area contributed by atoms with E-state index in [0.717, 1.165) is 24.4 Å². The van der Waals surface area contributed by atoms with Gasteiger partial charge in [0.1, 0.15) is 12.4 Å². The molecule has 6 nitrogen and oxygen atoms in total. The highest BCUT2D eigenvalue weighted by molar-refractivity contribution is 5.96. The molecular weight excluding hydrogens is 402 g/mol. The number of nitrogens with one attached hydrogen (secondary N) is 1. The van der Waals surface area contributed by atoms with Crippen molar-refractivity contribution in [3.63, 3.8) is 0 Å². The Labute approximate surface area is 188 Å². The smallest absolute Gasteiger partial charge is 0.251 e. The summed E-state index contributed by atoms with van der Waals surface area (Å²) in [6.45, 7) is 3.31. The van der Waals surface area contributed by atoms with Crippen LogP contribution < -0.4 is 15.0 Å². The van der Waals surface area contributed by atoms with Crippen LogP contribution >= 0.6 is 0 Å². The molecule has 0 spiro atoms. The number of hydrogen-bond acceptors (Lipinski definition) is 4. The monoisotopic (exact) mass is 429 g/mol. The van der Waals surface area contributed by atoms with E-state index in [1.54, 1.807) is 12.1 Å². The van der Waals surface area contributed by atoms with Crippen LogP contribution in [0.4, 0.5) is 5.69 Å².